The molecule has 3 heterocycles. The maximum Gasteiger partial charge on any atom is 0.762 e. The van der Waals surface area contributed by atoms with Crippen LogP contribution in [0.5, 0.6) is 0 Å². The Morgan fingerprint density at radius 1 is 0.750 bits per heavy atom. The van der Waals surface area contributed by atoms with Crippen molar-refractivity contribution in [3.63, 3.8) is 0 Å². The number of ether oxygens (including phenoxy) is 1. The van der Waals surface area contributed by atoms with E-state index in [0.717, 1.165) is 37.2 Å². The van der Waals surface area contributed by atoms with E-state index in [1.165, 1.54) is 60.5 Å². The molecule has 0 radical (unpaired) electrons. The lowest BCUT2D eigenvalue weighted by Crippen LogP contribution is -3.00. The van der Waals surface area contributed by atoms with Crippen LogP contribution in [-0.4, -0.2) is 20.6 Å². The van der Waals surface area contributed by atoms with Crippen LogP contribution >= 0.6 is 31.9 Å². The molecule has 9 heteroatoms. The van der Waals surface area contributed by atoms with Crippen LogP contribution in [0, 0.1) is 0 Å². The van der Waals surface area contributed by atoms with Crippen LogP contribution in [0.3, 0.4) is 0 Å². The van der Waals surface area contributed by atoms with Crippen molar-refractivity contribution in [2.24, 2.45) is 0 Å². The van der Waals surface area contributed by atoms with E-state index in [1.807, 2.05) is 0 Å². The predicted molar refractivity (Wildman–Crippen MR) is 160 cm³/mol. The van der Waals surface area contributed by atoms with E-state index < -0.39 is 7.54 Å². The van der Waals surface area contributed by atoms with Gasteiger partial charge in [0.25, 0.3) is 0 Å². The Hall–Kier alpha value is -2.91. The normalized spacial score (nSPS) is 16.3. The Labute approximate surface area is 248 Å². The molecule has 0 spiro atoms. The van der Waals surface area contributed by atoms with Crippen LogP contribution in [0.2, 0.25) is 0 Å². The summed E-state index contributed by atoms with van der Waals surface area (Å²) in [6.07, 6.45) is 13.4. The van der Waals surface area contributed by atoms with Gasteiger partial charge in [0.1, 0.15) is 24.6 Å². The fraction of sp³-hybridized carbons (Fsp3) is 0.194. The summed E-state index contributed by atoms with van der Waals surface area (Å²) in [6, 6.07) is 21.5. The first-order chi connectivity index (χ1) is 18.9. The van der Waals surface area contributed by atoms with Gasteiger partial charge in [-0.2, -0.15) is 0 Å². The maximum absolute atomic E-state index is 9.67. The molecule has 0 N–H and O–H groups in total. The third-order valence-electron chi connectivity index (χ3n) is 6.91. The second-order valence-corrected chi connectivity index (χ2v) is 11.4. The summed E-state index contributed by atoms with van der Waals surface area (Å²) < 4.78 is 40.1. The molecule has 0 aromatic heterocycles. The van der Waals surface area contributed by atoms with Crippen LogP contribution in [0.4, 0.5) is 12.9 Å². The van der Waals surface area contributed by atoms with Crippen molar-refractivity contribution < 1.29 is 22.4 Å². The third-order valence-corrected chi connectivity index (χ3v) is 7.97. The number of halogens is 6. The van der Waals surface area contributed by atoms with Gasteiger partial charge in [0.2, 0.25) is 5.36 Å². The molecule has 3 aliphatic heterocycles. The number of aryl methyl sites for hydroxylation is 2. The number of rotatable bonds is 3. The summed E-state index contributed by atoms with van der Waals surface area (Å²) >= 11 is 7.09. The Bertz CT molecular complexity index is 1540. The summed E-state index contributed by atoms with van der Waals surface area (Å²) in [5.74, 6) is 1.70. The SMILES string of the molecule is Brc1ccc(C2=CC(=CC=c3cc4c5c(c3)CCC[N+]=5CCC4)OC(c3ccc(Br)cc3)=C2)cc1.FB(F)F.[F-]. The lowest BCUT2D eigenvalue weighted by Gasteiger charge is -2.19. The van der Waals surface area contributed by atoms with E-state index in [0.29, 0.717) is 0 Å². The number of benzene rings is 3. The van der Waals surface area contributed by atoms with E-state index in [4.69, 9.17) is 4.74 Å². The smallest absolute Gasteiger partial charge is 0.762 e. The van der Waals surface area contributed by atoms with Gasteiger partial charge >= 0.3 is 7.54 Å². The van der Waals surface area contributed by atoms with Crippen LogP contribution in [0.1, 0.15) is 35.1 Å². The third kappa shape index (κ3) is 7.43. The molecular formula is C31H26BBr2F4NO. The minimum absolute atomic E-state index is 0. The highest BCUT2D eigenvalue weighted by atomic mass is 79.9. The van der Waals surface area contributed by atoms with Gasteiger partial charge in [-0.15, -0.1) is 0 Å². The van der Waals surface area contributed by atoms with E-state index in [2.05, 4.69) is 121 Å². The second-order valence-electron chi connectivity index (χ2n) is 9.59. The lowest BCUT2D eigenvalue weighted by atomic mass is 9.95. The van der Waals surface area contributed by atoms with Crippen molar-refractivity contribution in [2.75, 3.05) is 13.1 Å². The molecule has 2 nitrogen and oxygen atoms in total. The van der Waals surface area contributed by atoms with Crippen molar-refractivity contribution in [1.29, 1.82) is 0 Å². The van der Waals surface area contributed by atoms with E-state index >= 15 is 0 Å². The highest BCUT2D eigenvalue weighted by Crippen LogP contribution is 2.32. The first-order valence-corrected chi connectivity index (χ1v) is 14.5. The van der Waals surface area contributed by atoms with E-state index in [1.54, 1.807) is 0 Å². The highest BCUT2D eigenvalue weighted by molar-refractivity contribution is 9.10. The number of hydrogen-bond acceptors (Lipinski definition) is 1. The molecule has 0 aliphatic carbocycles. The minimum Gasteiger partial charge on any atom is -1.00 e. The minimum atomic E-state index is -3.67. The molecular weight excluding hydrogens is 649 g/mol. The summed E-state index contributed by atoms with van der Waals surface area (Å²) in [4.78, 5) is 0. The van der Waals surface area contributed by atoms with Crippen LogP contribution in [0.15, 0.2) is 93.6 Å². The Balaban J connectivity index is 0.000000695. The molecule has 206 valence electrons. The average molecular weight is 675 g/mol. The van der Waals surface area contributed by atoms with Crippen LogP contribution in [-0.2, 0) is 17.6 Å². The van der Waals surface area contributed by atoms with Crippen molar-refractivity contribution in [1.82, 2.24) is 4.58 Å². The van der Waals surface area contributed by atoms with Crippen LogP contribution < -0.4 is 19.9 Å². The zero-order chi connectivity index (χ0) is 27.4. The summed E-state index contributed by atoms with van der Waals surface area (Å²) in [6.45, 7) is 2.41. The topological polar surface area (TPSA) is 12.2 Å². The fourth-order valence-electron chi connectivity index (χ4n) is 5.27. The van der Waals surface area contributed by atoms with Gasteiger partial charge in [0.15, 0.2) is 0 Å². The van der Waals surface area contributed by atoms with Crippen molar-refractivity contribution in [3.05, 3.63) is 126 Å². The molecule has 0 bridgehead atoms. The quantitative estimate of drug-likeness (QED) is 0.230. The van der Waals surface area contributed by atoms with Gasteiger partial charge < -0.3 is 9.44 Å². The molecule has 3 aliphatic rings. The van der Waals surface area contributed by atoms with Crippen molar-refractivity contribution in [3.8, 4) is 0 Å². The van der Waals surface area contributed by atoms with Crippen LogP contribution in [0.25, 0.3) is 17.4 Å². The fourth-order valence-corrected chi connectivity index (χ4v) is 5.80. The van der Waals surface area contributed by atoms with Crippen molar-refractivity contribution >= 4 is 56.8 Å². The molecule has 0 fully saturated rings. The highest BCUT2D eigenvalue weighted by Gasteiger charge is 2.23. The predicted octanol–water partition coefficient (Wildman–Crippen LogP) is 4.30. The zero-order valence-electron chi connectivity index (χ0n) is 21.5. The Morgan fingerprint density at radius 3 is 1.82 bits per heavy atom. The number of allylic oxidation sites excluding steroid dienone is 4. The molecule has 3 aromatic rings. The molecule has 3 aromatic carbocycles. The van der Waals surface area contributed by atoms with Gasteiger partial charge in [-0.3, -0.25) is 12.9 Å². The average Bonchev–Trinajstić information content (AvgIpc) is 2.93. The Kier molecular flexibility index (Phi) is 10.2. The largest absolute Gasteiger partial charge is 1.00 e. The monoisotopic (exact) mass is 673 g/mol. The second kappa shape index (κ2) is 13.6. The molecule has 6 rings (SSSR count). The van der Waals surface area contributed by atoms with E-state index in [9.17, 15) is 12.9 Å². The maximum atomic E-state index is 9.67. The van der Waals surface area contributed by atoms with Gasteiger partial charge in [0.05, 0.1) is 0 Å². The summed E-state index contributed by atoms with van der Waals surface area (Å²) in [5.41, 5.74) is 6.36. The number of hydrogen-bond donors (Lipinski definition) is 0. The van der Waals surface area contributed by atoms with E-state index in [-0.39, 0.29) is 4.70 Å². The summed E-state index contributed by atoms with van der Waals surface area (Å²) in [5, 5.41) is 2.77. The summed E-state index contributed by atoms with van der Waals surface area (Å²) in [7, 11) is -3.67. The first kappa shape index (κ1) is 30.1. The number of nitrogens with zero attached hydrogens (tertiary/aromatic N) is 1. The molecule has 0 saturated heterocycles. The molecule has 0 amide bonds. The van der Waals surface area contributed by atoms with Gasteiger partial charge in [0, 0.05) is 38.5 Å². The lowest BCUT2D eigenvalue weighted by molar-refractivity contribution is -0.0000108. The molecule has 0 atom stereocenters. The standard InChI is InChI=1S/C31H26Br2NO.BF3.FH/c32-27-10-6-22(7-11-27)26-19-29(35-30(20-26)23-8-12-28(33)13-9-23)14-5-21-17-24-3-1-15-34-16-2-4-25(18-21)31(24)34;2-1(3)4;/h5-14,17-20H,1-4,15-16H2;;1H/q+1;;/p-1. The first-order valence-electron chi connectivity index (χ1n) is 12.9. The van der Waals surface area contributed by atoms with Gasteiger partial charge in [-0.25, -0.2) is 4.58 Å². The Morgan fingerprint density at radius 2 is 1.27 bits per heavy atom. The van der Waals surface area contributed by atoms with Gasteiger partial charge in [-0.1, -0.05) is 62.2 Å². The zero-order valence-corrected chi connectivity index (χ0v) is 24.7. The molecule has 0 unspecified atom stereocenters. The molecule has 40 heavy (non-hydrogen) atoms. The van der Waals surface area contributed by atoms with Crippen molar-refractivity contribution in [2.45, 2.75) is 25.7 Å². The molecule has 0 saturated carbocycles. The van der Waals surface area contributed by atoms with Gasteiger partial charge in [-0.05, 0) is 83.8 Å².